The lowest BCUT2D eigenvalue weighted by Crippen LogP contribution is -2.47. The molecule has 2 aromatic rings. The van der Waals surface area contributed by atoms with Crippen molar-refractivity contribution in [3.8, 4) is 11.1 Å². The lowest BCUT2D eigenvalue weighted by Gasteiger charge is -2.28. The van der Waals surface area contributed by atoms with Crippen molar-refractivity contribution in [2.45, 2.75) is 63.5 Å². The van der Waals surface area contributed by atoms with Crippen molar-refractivity contribution in [1.82, 2.24) is 10.6 Å². The highest BCUT2D eigenvalue weighted by atomic mass is 16.5. The van der Waals surface area contributed by atoms with Gasteiger partial charge < -0.3 is 20.5 Å². The summed E-state index contributed by atoms with van der Waals surface area (Å²) in [6.07, 6.45) is 2.09. The number of rotatable bonds is 8. The molecule has 2 fully saturated rings. The Kier molecular flexibility index (Phi) is 5.82. The molecule has 3 aliphatic rings. The molecule has 3 N–H and O–H groups in total. The van der Waals surface area contributed by atoms with E-state index in [4.69, 9.17) is 9.84 Å². The molecule has 0 saturated heterocycles. The zero-order valence-electron chi connectivity index (χ0n) is 20.2. The number of fused-ring (bicyclic) bond motifs is 4. The first-order valence-electron chi connectivity index (χ1n) is 12.3. The Morgan fingerprint density at radius 2 is 1.66 bits per heavy atom. The fourth-order valence-corrected chi connectivity index (χ4v) is 6.01. The number of carboxylic acids is 1. The van der Waals surface area contributed by atoms with Gasteiger partial charge in [0.1, 0.15) is 6.61 Å². The lowest BCUT2D eigenvalue weighted by molar-refractivity contribution is -0.138. The molecule has 2 amide bonds. The highest BCUT2D eigenvalue weighted by Gasteiger charge is 2.65. The molecule has 3 atom stereocenters. The quantitative estimate of drug-likeness (QED) is 0.522. The highest BCUT2D eigenvalue weighted by Crippen LogP contribution is 2.63. The van der Waals surface area contributed by atoms with E-state index >= 15 is 0 Å². The van der Waals surface area contributed by atoms with Crippen LogP contribution in [0.25, 0.3) is 11.1 Å². The Balaban J connectivity index is 1.15. The maximum Gasteiger partial charge on any atom is 0.407 e. The Hall–Kier alpha value is -3.35. The molecule has 0 aliphatic heterocycles. The second kappa shape index (κ2) is 8.70. The molecule has 0 unspecified atom stereocenters. The maximum atomic E-state index is 13.0. The minimum atomic E-state index is -0.872. The van der Waals surface area contributed by atoms with E-state index in [2.05, 4.69) is 34.9 Å². The van der Waals surface area contributed by atoms with Gasteiger partial charge in [-0.2, -0.15) is 0 Å². The zero-order chi connectivity index (χ0) is 24.8. The summed E-state index contributed by atoms with van der Waals surface area (Å²) in [7, 11) is 0. The summed E-state index contributed by atoms with van der Waals surface area (Å²) in [6, 6.07) is 16.4. The first kappa shape index (κ1) is 23.4. The van der Waals surface area contributed by atoms with Gasteiger partial charge in [0.2, 0.25) is 5.91 Å². The Labute approximate surface area is 205 Å². The summed E-state index contributed by atoms with van der Waals surface area (Å²) in [5.41, 5.74) is 3.67. The van der Waals surface area contributed by atoms with Crippen molar-refractivity contribution in [3.63, 3.8) is 0 Å². The SMILES string of the molecule is CC(C)(CCC(=O)O)NC(=O)[C@@]12C[C@@H](NC(=O)OCC3c4ccccc4-c4ccccc43)C[C@@H]1C2. The molecule has 0 spiro atoms. The Bertz CT molecular complexity index is 1130. The van der Waals surface area contributed by atoms with Crippen LogP contribution >= 0.6 is 0 Å². The fourth-order valence-electron chi connectivity index (χ4n) is 6.01. The maximum absolute atomic E-state index is 13.0. The molecule has 2 saturated carbocycles. The smallest absolute Gasteiger partial charge is 0.407 e. The summed E-state index contributed by atoms with van der Waals surface area (Å²) >= 11 is 0. The van der Waals surface area contributed by atoms with Gasteiger partial charge in [0.05, 0.1) is 5.41 Å². The van der Waals surface area contributed by atoms with Gasteiger partial charge in [-0.15, -0.1) is 0 Å². The van der Waals surface area contributed by atoms with Crippen LogP contribution in [-0.2, 0) is 14.3 Å². The topological polar surface area (TPSA) is 105 Å². The van der Waals surface area contributed by atoms with Crippen LogP contribution in [0.3, 0.4) is 0 Å². The molecule has 0 aromatic heterocycles. The van der Waals surface area contributed by atoms with Crippen LogP contribution in [0.4, 0.5) is 4.79 Å². The first-order chi connectivity index (χ1) is 16.7. The van der Waals surface area contributed by atoms with Gasteiger partial charge in [0.25, 0.3) is 0 Å². The van der Waals surface area contributed by atoms with Gasteiger partial charge in [-0.05, 0) is 67.7 Å². The van der Waals surface area contributed by atoms with E-state index in [1.165, 1.54) is 22.3 Å². The third-order valence-electron chi connectivity index (χ3n) is 7.95. The van der Waals surface area contributed by atoms with Crippen LogP contribution in [0, 0.1) is 11.3 Å². The highest BCUT2D eigenvalue weighted by molar-refractivity contribution is 5.87. The third-order valence-corrected chi connectivity index (χ3v) is 7.95. The molecular weight excluding hydrogens is 444 g/mol. The van der Waals surface area contributed by atoms with Gasteiger partial charge >= 0.3 is 12.1 Å². The molecule has 0 heterocycles. The van der Waals surface area contributed by atoms with E-state index in [0.29, 0.717) is 12.8 Å². The Morgan fingerprint density at radius 1 is 1.03 bits per heavy atom. The van der Waals surface area contributed by atoms with Crippen LogP contribution in [0.1, 0.15) is 63.0 Å². The molecule has 184 valence electrons. The number of hydrogen-bond acceptors (Lipinski definition) is 4. The summed E-state index contributed by atoms with van der Waals surface area (Å²) in [6.45, 7) is 3.96. The number of aliphatic carboxylic acids is 1. The van der Waals surface area contributed by atoms with Crippen molar-refractivity contribution < 1.29 is 24.2 Å². The van der Waals surface area contributed by atoms with Gasteiger partial charge in [0, 0.05) is 23.9 Å². The average molecular weight is 477 g/mol. The van der Waals surface area contributed by atoms with E-state index in [1.54, 1.807) is 0 Å². The molecule has 5 rings (SSSR count). The van der Waals surface area contributed by atoms with Gasteiger partial charge in [-0.3, -0.25) is 9.59 Å². The van der Waals surface area contributed by atoms with E-state index < -0.39 is 23.0 Å². The number of amides is 2. The summed E-state index contributed by atoms with van der Waals surface area (Å²) in [5.74, 6) is -0.648. The number of alkyl carbamates (subject to hydrolysis) is 1. The van der Waals surface area contributed by atoms with Crippen LogP contribution in [0.2, 0.25) is 0 Å². The molecule has 0 bridgehead atoms. The number of ether oxygens (including phenoxy) is 1. The number of nitrogens with one attached hydrogen (secondary N) is 2. The normalized spacial score (nSPS) is 24.2. The van der Waals surface area contributed by atoms with Crippen molar-refractivity contribution >= 4 is 18.0 Å². The molecule has 2 aromatic carbocycles. The average Bonchev–Trinajstić information content (AvgIpc) is 3.25. The van der Waals surface area contributed by atoms with Crippen LogP contribution in [0.15, 0.2) is 48.5 Å². The molecule has 3 aliphatic carbocycles. The molecule has 0 radical (unpaired) electrons. The molecular formula is C28H32N2O5. The number of benzene rings is 2. The number of carbonyl (C=O) groups excluding carboxylic acids is 2. The summed E-state index contributed by atoms with van der Waals surface area (Å²) in [4.78, 5) is 36.6. The van der Waals surface area contributed by atoms with Crippen LogP contribution < -0.4 is 10.6 Å². The summed E-state index contributed by atoms with van der Waals surface area (Å²) < 4.78 is 5.67. The standard InChI is InChI=1S/C28H32N2O5/c1-27(2,12-11-24(31)32)30-25(33)28-14-17(28)13-18(15-28)29-26(34)35-16-23-21-9-5-3-7-19(21)20-8-4-6-10-22(20)23/h3-10,17-18,23H,11-16H2,1-2H3,(H,29,34)(H,30,33)(H,31,32)/t17-,18+,28+/m1/s1. The number of carboxylic acid groups (broad SMARTS) is 1. The van der Waals surface area contributed by atoms with E-state index in [-0.39, 0.29) is 36.8 Å². The van der Waals surface area contributed by atoms with Crippen molar-refractivity contribution in [3.05, 3.63) is 59.7 Å². The van der Waals surface area contributed by atoms with E-state index in [1.807, 2.05) is 38.1 Å². The van der Waals surface area contributed by atoms with Crippen molar-refractivity contribution in [2.75, 3.05) is 6.61 Å². The van der Waals surface area contributed by atoms with E-state index in [9.17, 15) is 14.4 Å². The molecule has 7 nitrogen and oxygen atoms in total. The Morgan fingerprint density at radius 3 is 2.29 bits per heavy atom. The predicted molar refractivity (Wildman–Crippen MR) is 131 cm³/mol. The second-order valence-electron chi connectivity index (χ2n) is 10.9. The first-order valence-corrected chi connectivity index (χ1v) is 12.3. The lowest BCUT2D eigenvalue weighted by atomic mass is 9.94. The van der Waals surface area contributed by atoms with E-state index in [0.717, 1.165) is 12.8 Å². The molecule has 35 heavy (non-hydrogen) atoms. The van der Waals surface area contributed by atoms with Crippen LogP contribution in [0.5, 0.6) is 0 Å². The predicted octanol–water partition coefficient (Wildman–Crippen LogP) is 4.45. The third kappa shape index (κ3) is 4.51. The second-order valence-corrected chi connectivity index (χ2v) is 10.9. The van der Waals surface area contributed by atoms with Crippen LogP contribution in [-0.4, -0.2) is 41.3 Å². The number of carbonyl (C=O) groups is 3. The molecule has 7 heteroatoms. The zero-order valence-corrected chi connectivity index (χ0v) is 20.2. The van der Waals surface area contributed by atoms with Crippen molar-refractivity contribution in [2.24, 2.45) is 11.3 Å². The van der Waals surface area contributed by atoms with Gasteiger partial charge in [-0.1, -0.05) is 48.5 Å². The minimum Gasteiger partial charge on any atom is -0.481 e. The number of hydrogen-bond donors (Lipinski definition) is 3. The monoisotopic (exact) mass is 476 g/mol. The van der Waals surface area contributed by atoms with Gasteiger partial charge in [0.15, 0.2) is 0 Å². The van der Waals surface area contributed by atoms with Gasteiger partial charge in [-0.25, -0.2) is 4.79 Å². The largest absolute Gasteiger partial charge is 0.481 e. The van der Waals surface area contributed by atoms with Crippen molar-refractivity contribution in [1.29, 1.82) is 0 Å². The fraction of sp³-hybridized carbons (Fsp3) is 0.464. The summed E-state index contributed by atoms with van der Waals surface area (Å²) in [5, 5.41) is 15.0. The minimum absolute atomic E-state index is 0.00952.